The molecule has 0 bridgehead atoms. The van der Waals surface area contributed by atoms with Crippen LogP contribution in [0.3, 0.4) is 0 Å². The van der Waals surface area contributed by atoms with Crippen LogP contribution in [0.2, 0.25) is 0 Å². The number of para-hydroxylation sites is 1. The second-order valence-corrected chi connectivity index (χ2v) is 7.74. The molecule has 0 spiro atoms. The van der Waals surface area contributed by atoms with Crippen LogP contribution in [0.4, 0.5) is 0 Å². The van der Waals surface area contributed by atoms with Crippen molar-refractivity contribution in [1.29, 1.82) is 0 Å². The van der Waals surface area contributed by atoms with Gasteiger partial charge in [-0.1, -0.05) is 42.5 Å². The highest BCUT2D eigenvalue weighted by Gasteiger charge is 2.24. The molecule has 0 amide bonds. The van der Waals surface area contributed by atoms with E-state index < -0.39 is 5.97 Å². The van der Waals surface area contributed by atoms with Crippen molar-refractivity contribution >= 4 is 40.5 Å². The molecule has 1 aliphatic heterocycles. The number of hydrogen-bond acceptors (Lipinski definition) is 5. The first-order valence-electron chi connectivity index (χ1n) is 9.26. The highest BCUT2D eigenvalue weighted by atomic mass is 127. The fraction of sp³-hybridized carbons (Fsp3) is 0.0833. The maximum atomic E-state index is 12.4. The molecule has 0 saturated heterocycles. The van der Waals surface area contributed by atoms with E-state index in [4.69, 9.17) is 14.2 Å². The van der Waals surface area contributed by atoms with Gasteiger partial charge in [-0.05, 0) is 64.6 Å². The van der Waals surface area contributed by atoms with Crippen molar-refractivity contribution in [3.63, 3.8) is 0 Å². The number of aliphatic imine (C=N–C) groups is 1. The molecule has 0 fully saturated rings. The van der Waals surface area contributed by atoms with Gasteiger partial charge in [0.15, 0.2) is 17.2 Å². The third-order valence-corrected chi connectivity index (χ3v) is 5.11. The lowest BCUT2D eigenvalue weighted by Crippen LogP contribution is -2.05. The van der Waals surface area contributed by atoms with Crippen molar-refractivity contribution in [2.24, 2.45) is 4.99 Å². The molecule has 3 aromatic carbocycles. The number of halogens is 1. The second-order valence-electron chi connectivity index (χ2n) is 6.50. The van der Waals surface area contributed by atoms with E-state index in [-0.39, 0.29) is 11.6 Å². The number of hydrogen-bond donors (Lipinski definition) is 0. The zero-order chi connectivity index (χ0) is 20.9. The lowest BCUT2D eigenvalue weighted by molar-refractivity contribution is -0.129. The number of cyclic esters (lactones) is 1. The van der Waals surface area contributed by atoms with E-state index in [1.54, 1.807) is 13.2 Å². The molecule has 0 atom stereocenters. The first kappa shape index (κ1) is 20.2. The molecule has 0 aliphatic carbocycles. The Bertz CT molecular complexity index is 1140. The number of carbonyl (C=O) groups is 1. The van der Waals surface area contributed by atoms with Crippen LogP contribution in [0.25, 0.3) is 6.08 Å². The summed E-state index contributed by atoms with van der Waals surface area (Å²) in [5.74, 6) is 0.910. The van der Waals surface area contributed by atoms with E-state index >= 15 is 0 Å². The van der Waals surface area contributed by atoms with Crippen LogP contribution in [-0.4, -0.2) is 19.0 Å². The lowest BCUT2D eigenvalue weighted by atomic mass is 10.1. The van der Waals surface area contributed by atoms with Crippen molar-refractivity contribution < 1.29 is 19.0 Å². The van der Waals surface area contributed by atoms with Crippen LogP contribution in [0.1, 0.15) is 16.7 Å². The van der Waals surface area contributed by atoms with Gasteiger partial charge in [0.2, 0.25) is 5.90 Å². The van der Waals surface area contributed by atoms with Gasteiger partial charge in [0, 0.05) is 14.7 Å². The number of methoxy groups -OCH3 is 1. The minimum Gasteiger partial charge on any atom is -0.493 e. The zero-order valence-corrected chi connectivity index (χ0v) is 18.3. The number of carbonyl (C=O) groups excluding carboxylic acids is 1. The summed E-state index contributed by atoms with van der Waals surface area (Å²) >= 11 is 2.27. The van der Waals surface area contributed by atoms with Gasteiger partial charge in [-0.25, -0.2) is 9.79 Å². The van der Waals surface area contributed by atoms with Crippen LogP contribution in [0.15, 0.2) is 83.5 Å². The minimum atomic E-state index is -0.500. The van der Waals surface area contributed by atoms with Gasteiger partial charge < -0.3 is 14.2 Å². The maximum Gasteiger partial charge on any atom is 0.363 e. The molecule has 3 aromatic rings. The van der Waals surface area contributed by atoms with Crippen LogP contribution in [0.5, 0.6) is 11.5 Å². The number of benzene rings is 3. The van der Waals surface area contributed by atoms with Gasteiger partial charge in [-0.15, -0.1) is 0 Å². The van der Waals surface area contributed by atoms with Crippen LogP contribution < -0.4 is 9.47 Å². The van der Waals surface area contributed by atoms with Gasteiger partial charge >= 0.3 is 5.97 Å². The Morgan fingerprint density at radius 3 is 2.60 bits per heavy atom. The quantitative estimate of drug-likeness (QED) is 0.259. The van der Waals surface area contributed by atoms with E-state index in [0.717, 1.165) is 14.7 Å². The van der Waals surface area contributed by atoms with Crippen LogP contribution in [0, 0.1) is 3.57 Å². The van der Waals surface area contributed by atoms with Crippen molar-refractivity contribution in [2.45, 2.75) is 6.61 Å². The molecule has 150 valence electrons. The van der Waals surface area contributed by atoms with Crippen LogP contribution in [-0.2, 0) is 16.1 Å². The van der Waals surface area contributed by atoms with Gasteiger partial charge in [0.05, 0.1) is 7.11 Å². The van der Waals surface area contributed by atoms with Crippen molar-refractivity contribution in [3.05, 3.63) is 98.8 Å². The van der Waals surface area contributed by atoms with E-state index in [2.05, 4.69) is 33.6 Å². The fourth-order valence-corrected chi connectivity index (χ4v) is 3.61. The van der Waals surface area contributed by atoms with E-state index in [9.17, 15) is 4.79 Å². The highest BCUT2D eigenvalue weighted by molar-refractivity contribution is 14.1. The van der Waals surface area contributed by atoms with Gasteiger partial charge in [0.25, 0.3) is 0 Å². The first-order chi connectivity index (χ1) is 14.6. The topological polar surface area (TPSA) is 57.1 Å². The van der Waals surface area contributed by atoms with E-state index in [0.29, 0.717) is 23.7 Å². The minimum absolute atomic E-state index is 0.209. The molecule has 0 radical (unpaired) electrons. The smallest absolute Gasteiger partial charge is 0.363 e. The number of ether oxygens (including phenoxy) is 3. The molecule has 0 saturated carbocycles. The summed E-state index contributed by atoms with van der Waals surface area (Å²) < 4.78 is 18.0. The van der Waals surface area contributed by atoms with Gasteiger partial charge in [0.1, 0.15) is 6.61 Å². The predicted octanol–water partition coefficient (Wildman–Crippen LogP) is 5.22. The average Bonchev–Trinajstić information content (AvgIpc) is 3.13. The number of nitrogens with zero attached hydrogens (tertiary/aromatic N) is 1. The third-order valence-electron chi connectivity index (χ3n) is 4.43. The second kappa shape index (κ2) is 9.13. The Morgan fingerprint density at radius 2 is 1.83 bits per heavy atom. The monoisotopic (exact) mass is 511 g/mol. The molecule has 4 rings (SSSR count). The SMILES string of the molecule is COc1cccc(/C=C2\N=C(c3ccccc3)OC2=O)c1OCc1cccc(I)c1. The van der Waals surface area contributed by atoms with Crippen molar-refractivity contribution in [2.75, 3.05) is 7.11 Å². The van der Waals surface area contributed by atoms with E-state index in [1.165, 1.54) is 0 Å². The van der Waals surface area contributed by atoms with E-state index in [1.807, 2.05) is 66.7 Å². The Kier molecular flexibility index (Phi) is 6.13. The van der Waals surface area contributed by atoms with Gasteiger partial charge in [-0.3, -0.25) is 0 Å². The summed E-state index contributed by atoms with van der Waals surface area (Å²) in [7, 11) is 1.58. The van der Waals surface area contributed by atoms with Crippen molar-refractivity contribution in [3.8, 4) is 11.5 Å². The summed E-state index contributed by atoms with van der Waals surface area (Å²) in [6, 6.07) is 22.9. The maximum absolute atomic E-state index is 12.4. The Balaban J connectivity index is 1.65. The Labute approximate surface area is 188 Å². The average molecular weight is 511 g/mol. The molecule has 6 heteroatoms. The zero-order valence-electron chi connectivity index (χ0n) is 16.2. The molecular formula is C24H18INO4. The van der Waals surface area contributed by atoms with Gasteiger partial charge in [-0.2, -0.15) is 0 Å². The Hall–Kier alpha value is -3.13. The largest absolute Gasteiger partial charge is 0.493 e. The standard InChI is InChI=1S/C24H18INO4/c1-28-21-12-6-10-18(22(21)29-15-16-7-5-11-19(25)13-16)14-20-24(27)30-23(26-20)17-8-3-2-4-9-17/h2-14H,15H2,1H3/b20-14-. The molecule has 0 unspecified atom stereocenters. The highest BCUT2D eigenvalue weighted by Crippen LogP contribution is 2.34. The molecule has 1 heterocycles. The summed E-state index contributed by atoms with van der Waals surface area (Å²) in [6.07, 6.45) is 1.66. The van der Waals surface area contributed by atoms with Crippen LogP contribution >= 0.6 is 22.6 Å². The molecule has 5 nitrogen and oxygen atoms in total. The molecule has 0 aromatic heterocycles. The number of rotatable bonds is 6. The molecule has 0 N–H and O–H groups in total. The third kappa shape index (κ3) is 4.54. The number of esters is 1. The fourth-order valence-electron chi connectivity index (χ4n) is 3.00. The van der Waals surface area contributed by atoms with Crippen molar-refractivity contribution in [1.82, 2.24) is 0 Å². The summed E-state index contributed by atoms with van der Waals surface area (Å²) in [4.78, 5) is 16.7. The summed E-state index contributed by atoms with van der Waals surface area (Å²) in [5, 5.41) is 0. The molecule has 1 aliphatic rings. The Morgan fingerprint density at radius 1 is 1.03 bits per heavy atom. The predicted molar refractivity (Wildman–Crippen MR) is 124 cm³/mol. The molecular weight excluding hydrogens is 493 g/mol. The first-order valence-corrected chi connectivity index (χ1v) is 10.3. The summed E-state index contributed by atoms with van der Waals surface area (Å²) in [6.45, 7) is 0.371. The lowest BCUT2D eigenvalue weighted by Gasteiger charge is -2.13. The normalized spacial score (nSPS) is 14.4. The molecule has 30 heavy (non-hydrogen) atoms. The summed E-state index contributed by atoms with van der Waals surface area (Å²) in [5.41, 5.74) is 2.68.